The highest BCUT2D eigenvalue weighted by Crippen LogP contribution is 2.26. The number of nitrogens with zero attached hydrogens (tertiary/aromatic N) is 3. The lowest BCUT2D eigenvalue weighted by Crippen LogP contribution is -2.45. The fourth-order valence-corrected chi connectivity index (χ4v) is 3.95. The quantitative estimate of drug-likeness (QED) is 0.924. The Hall–Kier alpha value is -2.08. The van der Waals surface area contributed by atoms with Crippen LogP contribution in [0.15, 0.2) is 24.3 Å². The molecule has 1 aromatic carbocycles. The Morgan fingerprint density at radius 3 is 3.00 bits per heavy atom. The summed E-state index contributed by atoms with van der Waals surface area (Å²) in [5, 5.41) is 3.09. The van der Waals surface area contributed by atoms with Crippen LogP contribution in [0.3, 0.4) is 0 Å². The highest BCUT2D eigenvalue weighted by Gasteiger charge is 2.28. The van der Waals surface area contributed by atoms with Gasteiger partial charge in [-0.3, -0.25) is 4.79 Å². The Morgan fingerprint density at radius 1 is 1.32 bits per heavy atom. The average molecular weight is 342 g/mol. The molecule has 1 amide bonds. The van der Waals surface area contributed by atoms with E-state index in [0.29, 0.717) is 6.54 Å². The van der Waals surface area contributed by atoms with E-state index in [1.807, 2.05) is 25.2 Å². The molecule has 1 N–H and O–H groups in total. The fraction of sp³-hybridized carbons (Fsp3) is 0.579. The normalized spacial score (nSPS) is 24.0. The monoisotopic (exact) mass is 342 g/mol. The van der Waals surface area contributed by atoms with Crippen LogP contribution in [-0.4, -0.2) is 47.8 Å². The predicted molar refractivity (Wildman–Crippen MR) is 97.6 cm³/mol. The average Bonchev–Trinajstić information content (AvgIpc) is 3.28. The van der Waals surface area contributed by atoms with Crippen LogP contribution in [0.2, 0.25) is 0 Å². The molecule has 2 fully saturated rings. The second-order valence-corrected chi connectivity index (χ2v) is 7.12. The van der Waals surface area contributed by atoms with E-state index in [0.717, 1.165) is 62.4 Å². The first kappa shape index (κ1) is 16.4. The molecule has 3 heterocycles. The largest absolute Gasteiger partial charge is 0.376 e. The van der Waals surface area contributed by atoms with Crippen LogP contribution >= 0.6 is 0 Å². The third-order valence-electron chi connectivity index (χ3n) is 5.37. The van der Waals surface area contributed by atoms with Gasteiger partial charge in [0, 0.05) is 33.3 Å². The lowest BCUT2D eigenvalue weighted by molar-refractivity contribution is -0.125. The van der Waals surface area contributed by atoms with Gasteiger partial charge < -0.3 is 19.5 Å². The van der Waals surface area contributed by atoms with Gasteiger partial charge in [0.15, 0.2) is 0 Å². The van der Waals surface area contributed by atoms with E-state index in [2.05, 4.69) is 20.9 Å². The van der Waals surface area contributed by atoms with Gasteiger partial charge in [-0.15, -0.1) is 0 Å². The van der Waals surface area contributed by atoms with Crippen molar-refractivity contribution in [2.24, 2.45) is 13.0 Å². The molecule has 0 spiro atoms. The predicted octanol–water partition coefficient (Wildman–Crippen LogP) is 2.08. The Morgan fingerprint density at radius 2 is 2.20 bits per heavy atom. The summed E-state index contributed by atoms with van der Waals surface area (Å²) in [6.07, 6.45) is 4.31. The zero-order valence-corrected chi connectivity index (χ0v) is 14.8. The van der Waals surface area contributed by atoms with Gasteiger partial charge in [-0.05, 0) is 37.8 Å². The number of fused-ring (bicyclic) bond motifs is 1. The van der Waals surface area contributed by atoms with Gasteiger partial charge in [0.05, 0.1) is 23.1 Å². The summed E-state index contributed by atoms with van der Waals surface area (Å²) < 4.78 is 7.72. The highest BCUT2D eigenvalue weighted by molar-refractivity contribution is 5.81. The number of aryl methyl sites for hydroxylation is 1. The third-order valence-corrected chi connectivity index (χ3v) is 5.37. The first-order chi connectivity index (χ1) is 12.2. The van der Waals surface area contributed by atoms with Gasteiger partial charge in [0.2, 0.25) is 11.9 Å². The number of hydrogen-bond donors (Lipinski definition) is 1. The first-order valence-electron chi connectivity index (χ1n) is 9.28. The molecule has 6 nitrogen and oxygen atoms in total. The van der Waals surface area contributed by atoms with Crippen molar-refractivity contribution in [2.45, 2.75) is 31.8 Å². The third kappa shape index (κ3) is 3.35. The molecule has 2 saturated heterocycles. The molecule has 2 aliphatic rings. The van der Waals surface area contributed by atoms with Crippen molar-refractivity contribution in [1.29, 1.82) is 0 Å². The minimum absolute atomic E-state index is 0.0231. The smallest absolute Gasteiger partial charge is 0.224 e. The molecular weight excluding hydrogens is 316 g/mol. The molecule has 1 aromatic heterocycles. The number of ether oxygens (including phenoxy) is 1. The lowest BCUT2D eigenvalue weighted by Gasteiger charge is -2.32. The number of carbonyl (C=O) groups is 1. The number of carbonyl (C=O) groups excluding carboxylic acids is 1. The molecule has 2 aromatic rings. The molecule has 0 unspecified atom stereocenters. The molecule has 0 radical (unpaired) electrons. The summed E-state index contributed by atoms with van der Waals surface area (Å²) in [4.78, 5) is 19.6. The number of imidazole rings is 1. The molecule has 0 aliphatic carbocycles. The Balaban J connectivity index is 1.43. The van der Waals surface area contributed by atoms with Gasteiger partial charge in [0.1, 0.15) is 0 Å². The maximum absolute atomic E-state index is 12.6. The molecule has 2 aliphatic heterocycles. The van der Waals surface area contributed by atoms with Crippen LogP contribution in [0.4, 0.5) is 5.95 Å². The van der Waals surface area contributed by atoms with E-state index in [9.17, 15) is 4.79 Å². The summed E-state index contributed by atoms with van der Waals surface area (Å²) in [6.45, 7) is 3.15. The summed E-state index contributed by atoms with van der Waals surface area (Å²) in [5.41, 5.74) is 2.13. The second kappa shape index (κ2) is 7.04. The van der Waals surface area contributed by atoms with Gasteiger partial charge in [-0.25, -0.2) is 4.98 Å². The number of anilines is 1. The minimum Gasteiger partial charge on any atom is -0.376 e. The summed E-state index contributed by atoms with van der Waals surface area (Å²) in [7, 11) is 2.05. The topological polar surface area (TPSA) is 59.4 Å². The summed E-state index contributed by atoms with van der Waals surface area (Å²) in [6, 6.07) is 8.16. The van der Waals surface area contributed by atoms with Gasteiger partial charge >= 0.3 is 0 Å². The Bertz CT molecular complexity index is 751. The molecular formula is C19H26N4O2. The Labute approximate surface area is 148 Å². The number of nitrogens with one attached hydrogen (secondary N) is 1. The zero-order valence-electron chi connectivity index (χ0n) is 14.8. The van der Waals surface area contributed by atoms with Gasteiger partial charge in [-0.1, -0.05) is 12.1 Å². The van der Waals surface area contributed by atoms with E-state index in [4.69, 9.17) is 9.72 Å². The molecule has 4 rings (SSSR count). The number of hydrogen-bond acceptors (Lipinski definition) is 4. The molecule has 2 atom stereocenters. The van der Waals surface area contributed by atoms with Gasteiger partial charge in [-0.2, -0.15) is 0 Å². The Kier molecular flexibility index (Phi) is 4.61. The number of para-hydroxylation sites is 2. The van der Waals surface area contributed by atoms with Crippen molar-refractivity contribution in [3.63, 3.8) is 0 Å². The highest BCUT2D eigenvalue weighted by atomic mass is 16.5. The summed E-state index contributed by atoms with van der Waals surface area (Å²) in [5.74, 6) is 1.13. The van der Waals surface area contributed by atoms with Crippen molar-refractivity contribution < 1.29 is 9.53 Å². The number of amides is 1. The van der Waals surface area contributed by atoms with Crippen LogP contribution < -0.4 is 10.2 Å². The van der Waals surface area contributed by atoms with Gasteiger partial charge in [0.25, 0.3) is 0 Å². The van der Waals surface area contributed by atoms with Crippen LogP contribution in [0.25, 0.3) is 11.0 Å². The zero-order chi connectivity index (χ0) is 17.2. The maximum atomic E-state index is 12.6. The molecule has 6 heteroatoms. The molecule has 134 valence electrons. The van der Waals surface area contributed by atoms with Crippen molar-refractivity contribution in [1.82, 2.24) is 14.9 Å². The number of piperidine rings is 1. The van der Waals surface area contributed by atoms with Crippen molar-refractivity contribution in [3.8, 4) is 0 Å². The van der Waals surface area contributed by atoms with Crippen molar-refractivity contribution in [2.75, 3.05) is 31.1 Å². The van der Waals surface area contributed by atoms with E-state index < -0.39 is 0 Å². The number of benzene rings is 1. The standard InChI is InChI=1S/C19H26N4O2/c1-22-17-9-3-2-8-16(17)21-19(22)23-10-4-6-14(13-23)18(24)20-12-15-7-5-11-25-15/h2-3,8-9,14-15H,4-7,10-13H2,1H3,(H,20,24)/t14-,15+/m1/s1. The van der Waals surface area contributed by atoms with Crippen LogP contribution in [0.5, 0.6) is 0 Å². The second-order valence-electron chi connectivity index (χ2n) is 7.12. The molecule has 0 saturated carbocycles. The van der Waals surface area contributed by atoms with E-state index in [1.165, 1.54) is 0 Å². The molecule has 0 bridgehead atoms. The van der Waals surface area contributed by atoms with Crippen LogP contribution in [0.1, 0.15) is 25.7 Å². The van der Waals surface area contributed by atoms with Crippen molar-refractivity contribution in [3.05, 3.63) is 24.3 Å². The van der Waals surface area contributed by atoms with Crippen LogP contribution in [0, 0.1) is 5.92 Å². The number of rotatable bonds is 4. The van der Waals surface area contributed by atoms with Crippen molar-refractivity contribution >= 4 is 22.9 Å². The minimum atomic E-state index is 0.0231. The maximum Gasteiger partial charge on any atom is 0.224 e. The number of aromatic nitrogens is 2. The first-order valence-corrected chi connectivity index (χ1v) is 9.28. The SMILES string of the molecule is Cn1c(N2CCC[C@@H](C(=O)NC[C@@H]3CCCO3)C2)nc2ccccc21. The van der Waals surface area contributed by atoms with E-state index >= 15 is 0 Å². The van der Waals surface area contributed by atoms with Crippen LogP contribution in [-0.2, 0) is 16.6 Å². The molecule has 25 heavy (non-hydrogen) atoms. The van der Waals surface area contributed by atoms with E-state index in [-0.39, 0.29) is 17.9 Å². The lowest BCUT2D eigenvalue weighted by atomic mass is 9.97. The fourth-order valence-electron chi connectivity index (χ4n) is 3.95. The van der Waals surface area contributed by atoms with E-state index in [1.54, 1.807) is 0 Å². The summed E-state index contributed by atoms with van der Waals surface area (Å²) >= 11 is 0.